The van der Waals surface area contributed by atoms with Gasteiger partial charge in [-0.05, 0) is 103 Å². The SMILES string of the molecule is CCOc1ccc(NS(=O)(=O)c2ccc3c(c2)[C@H]2C=CC[C@H]2[C@@H](c2ccc(OCc4ccc([N+](=O)[O-])cc4)cc2)N3)cc1. The number of hydrogen-bond donors (Lipinski definition) is 2. The molecule has 4 aromatic carbocycles. The number of ether oxygens (including phenoxy) is 2. The van der Waals surface area contributed by atoms with Gasteiger partial charge in [-0.3, -0.25) is 14.8 Å². The molecule has 1 aliphatic carbocycles. The Hall–Kier alpha value is -4.83. The molecule has 1 aliphatic heterocycles. The number of nitrogens with zero attached hydrogens (tertiary/aromatic N) is 1. The summed E-state index contributed by atoms with van der Waals surface area (Å²) in [7, 11) is -3.79. The van der Waals surface area contributed by atoms with Crippen LogP contribution in [0, 0.1) is 16.0 Å². The van der Waals surface area contributed by atoms with Gasteiger partial charge in [-0.15, -0.1) is 0 Å². The summed E-state index contributed by atoms with van der Waals surface area (Å²) >= 11 is 0. The second-order valence-electron chi connectivity index (χ2n) is 10.6. The van der Waals surface area contributed by atoms with Crippen LogP contribution in [0.2, 0.25) is 0 Å². The summed E-state index contributed by atoms with van der Waals surface area (Å²) < 4.78 is 40.6. The molecule has 2 aliphatic rings. The highest BCUT2D eigenvalue weighted by molar-refractivity contribution is 7.92. The minimum Gasteiger partial charge on any atom is -0.494 e. The van der Waals surface area contributed by atoms with E-state index >= 15 is 0 Å². The number of non-ortho nitro benzene ring substituents is 1. The van der Waals surface area contributed by atoms with Crippen LogP contribution in [0.25, 0.3) is 0 Å². The van der Waals surface area contributed by atoms with Gasteiger partial charge >= 0.3 is 0 Å². The normalized spacial score (nSPS) is 18.7. The molecular formula is C33H31N3O6S. The third-order valence-electron chi connectivity index (χ3n) is 7.85. The first-order chi connectivity index (χ1) is 20.8. The summed E-state index contributed by atoms with van der Waals surface area (Å²) in [6, 6.07) is 26.4. The molecule has 4 aromatic rings. The number of benzene rings is 4. The van der Waals surface area contributed by atoms with Crippen LogP contribution in [0.15, 0.2) is 108 Å². The van der Waals surface area contributed by atoms with E-state index in [9.17, 15) is 18.5 Å². The van der Waals surface area contributed by atoms with Crippen LogP contribution in [0.1, 0.15) is 42.0 Å². The fraction of sp³-hybridized carbons (Fsp3) is 0.212. The van der Waals surface area contributed by atoms with Crippen molar-refractivity contribution in [1.29, 1.82) is 0 Å². The second kappa shape index (κ2) is 11.8. The number of sulfonamides is 1. The number of nitro groups is 1. The van der Waals surface area contributed by atoms with Crippen molar-refractivity contribution in [3.63, 3.8) is 0 Å². The van der Waals surface area contributed by atoms with Crippen LogP contribution < -0.4 is 19.5 Å². The molecule has 0 spiro atoms. The molecule has 0 fully saturated rings. The summed E-state index contributed by atoms with van der Waals surface area (Å²) in [4.78, 5) is 10.7. The number of anilines is 2. The van der Waals surface area contributed by atoms with E-state index in [0.29, 0.717) is 30.4 Å². The van der Waals surface area contributed by atoms with Crippen molar-refractivity contribution in [1.82, 2.24) is 0 Å². The summed E-state index contributed by atoms with van der Waals surface area (Å²) in [6.45, 7) is 2.74. The van der Waals surface area contributed by atoms with Crippen molar-refractivity contribution < 1.29 is 22.8 Å². The maximum atomic E-state index is 13.3. The van der Waals surface area contributed by atoms with Gasteiger partial charge in [-0.1, -0.05) is 24.3 Å². The van der Waals surface area contributed by atoms with E-state index < -0.39 is 14.9 Å². The maximum absolute atomic E-state index is 13.3. The van der Waals surface area contributed by atoms with E-state index in [1.165, 1.54) is 12.1 Å². The Bertz CT molecular complexity index is 1750. The van der Waals surface area contributed by atoms with E-state index in [-0.39, 0.29) is 28.5 Å². The molecule has 0 radical (unpaired) electrons. The number of hydrogen-bond acceptors (Lipinski definition) is 7. The van der Waals surface area contributed by atoms with Gasteiger partial charge in [-0.25, -0.2) is 8.42 Å². The molecule has 1 heterocycles. The lowest BCUT2D eigenvalue weighted by Gasteiger charge is -2.37. The minimum absolute atomic E-state index is 0.0423. The average Bonchev–Trinajstić information content (AvgIpc) is 3.51. The zero-order chi connectivity index (χ0) is 30.0. The van der Waals surface area contributed by atoms with Gasteiger partial charge < -0.3 is 14.8 Å². The molecule has 10 heteroatoms. The third-order valence-corrected chi connectivity index (χ3v) is 9.23. The minimum atomic E-state index is -3.79. The summed E-state index contributed by atoms with van der Waals surface area (Å²) in [5.41, 5.74) is 4.35. The van der Waals surface area contributed by atoms with Crippen LogP contribution in [0.3, 0.4) is 0 Å². The lowest BCUT2D eigenvalue weighted by atomic mass is 9.77. The largest absolute Gasteiger partial charge is 0.494 e. The van der Waals surface area contributed by atoms with Crippen molar-refractivity contribution in [3.05, 3.63) is 130 Å². The Morgan fingerprint density at radius 2 is 1.63 bits per heavy atom. The highest BCUT2D eigenvalue weighted by Crippen LogP contribution is 2.50. The van der Waals surface area contributed by atoms with Crippen molar-refractivity contribution in [3.8, 4) is 11.5 Å². The molecule has 0 saturated carbocycles. The van der Waals surface area contributed by atoms with Gasteiger partial charge in [-0.2, -0.15) is 0 Å². The summed E-state index contributed by atoms with van der Waals surface area (Å²) in [5, 5.41) is 14.5. The quantitative estimate of drug-likeness (QED) is 0.113. The molecule has 3 atom stereocenters. The van der Waals surface area contributed by atoms with Crippen LogP contribution in [0.5, 0.6) is 11.5 Å². The van der Waals surface area contributed by atoms with Crippen molar-refractivity contribution in [2.75, 3.05) is 16.6 Å². The van der Waals surface area contributed by atoms with Crippen molar-refractivity contribution in [2.45, 2.75) is 36.8 Å². The number of rotatable bonds is 10. The summed E-state index contributed by atoms with van der Waals surface area (Å²) in [5.74, 6) is 1.70. The predicted molar refractivity (Wildman–Crippen MR) is 165 cm³/mol. The predicted octanol–water partition coefficient (Wildman–Crippen LogP) is 7.20. The van der Waals surface area contributed by atoms with E-state index in [4.69, 9.17) is 9.47 Å². The van der Waals surface area contributed by atoms with Gasteiger partial charge in [0.05, 0.1) is 22.5 Å². The molecule has 0 bridgehead atoms. The van der Waals surface area contributed by atoms with E-state index in [2.05, 4.69) is 22.2 Å². The van der Waals surface area contributed by atoms with E-state index in [1.54, 1.807) is 48.5 Å². The molecule has 220 valence electrons. The number of nitrogens with one attached hydrogen (secondary N) is 2. The fourth-order valence-corrected chi connectivity index (χ4v) is 6.82. The van der Waals surface area contributed by atoms with Crippen molar-refractivity contribution in [2.24, 2.45) is 5.92 Å². The van der Waals surface area contributed by atoms with Gasteiger partial charge in [0.15, 0.2) is 0 Å². The van der Waals surface area contributed by atoms with E-state index in [1.807, 2.05) is 37.3 Å². The zero-order valence-electron chi connectivity index (χ0n) is 23.5. The van der Waals surface area contributed by atoms with Crippen LogP contribution in [-0.2, 0) is 16.6 Å². The second-order valence-corrected chi connectivity index (χ2v) is 12.3. The standard InChI is InChI=1S/C33H31N3O6S/c1-2-41-26-16-10-24(11-17-26)35-43(39,40)28-18-19-32-31(20-28)29-4-3-5-30(29)33(34-32)23-8-14-27(15-9-23)42-21-22-6-12-25(13-7-22)36(37)38/h3-4,6-20,29-30,33-35H,2,5,21H2,1H3/t29-,30+,33+/m0/s1. The first-order valence-electron chi connectivity index (χ1n) is 14.1. The topological polar surface area (TPSA) is 120 Å². The van der Waals surface area contributed by atoms with Crippen molar-refractivity contribution >= 4 is 27.1 Å². The lowest BCUT2D eigenvalue weighted by Crippen LogP contribution is -2.29. The zero-order valence-corrected chi connectivity index (χ0v) is 24.3. The third kappa shape index (κ3) is 6.05. The monoisotopic (exact) mass is 597 g/mol. The Morgan fingerprint density at radius 3 is 2.33 bits per heavy atom. The molecule has 0 aromatic heterocycles. The Balaban J connectivity index is 1.16. The Labute approximate surface area is 250 Å². The first-order valence-corrected chi connectivity index (χ1v) is 15.6. The highest BCUT2D eigenvalue weighted by Gasteiger charge is 2.38. The Morgan fingerprint density at radius 1 is 0.930 bits per heavy atom. The molecule has 6 rings (SSSR count). The molecule has 9 nitrogen and oxygen atoms in total. The summed E-state index contributed by atoms with van der Waals surface area (Å²) in [6.07, 6.45) is 5.22. The van der Waals surface area contributed by atoms with Crippen LogP contribution in [0.4, 0.5) is 17.1 Å². The lowest BCUT2D eigenvalue weighted by molar-refractivity contribution is -0.384. The maximum Gasteiger partial charge on any atom is 0.269 e. The fourth-order valence-electron chi connectivity index (χ4n) is 5.72. The highest BCUT2D eigenvalue weighted by atomic mass is 32.2. The Kier molecular flexibility index (Phi) is 7.77. The molecule has 0 unspecified atom stereocenters. The molecule has 2 N–H and O–H groups in total. The smallest absolute Gasteiger partial charge is 0.269 e. The van der Waals surface area contributed by atoms with Crippen LogP contribution in [-0.4, -0.2) is 19.9 Å². The number of allylic oxidation sites excluding steroid dienone is 2. The van der Waals surface area contributed by atoms with Crippen LogP contribution >= 0.6 is 0 Å². The molecule has 0 amide bonds. The number of nitro benzene ring substituents is 1. The average molecular weight is 598 g/mol. The molecule has 43 heavy (non-hydrogen) atoms. The van der Waals surface area contributed by atoms with Gasteiger partial charge in [0, 0.05) is 29.4 Å². The molecule has 0 saturated heterocycles. The number of fused-ring (bicyclic) bond motifs is 3. The molecular weight excluding hydrogens is 566 g/mol. The van der Waals surface area contributed by atoms with E-state index in [0.717, 1.165) is 28.8 Å². The van der Waals surface area contributed by atoms with Gasteiger partial charge in [0.2, 0.25) is 0 Å². The first kappa shape index (κ1) is 28.3. The van der Waals surface area contributed by atoms with Gasteiger partial charge in [0.1, 0.15) is 18.1 Å². The van der Waals surface area contributed by atoms with Gasteiger partial charge in [0.25, 0.3) is 15.7 Å².